The maximum Gasteiger partial charge on any atom is 0.342 e. The van der Waals surface area contributed by atoms with Crippen molar-refractivity contribution in [3.05, 3.63) is 81.1 Å². The highest BCUT2D eigenvalue weighted by Crippen LogP contribution is 2.33. The highest BCUT2D eigenvalue weighted by Gasteiger charge is 2.18. The molecule has 0 aliphatic carbocycles. The lowest BCUT2D eigenvalue weighted by Crippen LogP contribution is -2.03. The van der Waals surface area contributed by atoms with E-state index in [4.69, 9.17) is 11.6 Å². The molecule has 6 nitrogen and oxygen atoms in total. The number of H-pyrrole nitrogens is 1. The zero-order valence-electron chi connectivity index (χ0n) is 17.8. The molecule has 0 fully saturated rings. The first-order chi connectivity index (χ1) is 15.5. The molecular formula is C24H23ClN4O2S. The van der Waals surface area contributed by atoms with Crippen LogP contribution in [0.15, 0.2) is 58.6 Å². The number of nitrogens with one attached hydrogen (secondary N) is 1. The highest BCUT2D eigenvalue weighted by atomic mass is 35.5. The Morgan fingerprint density at radius 2 is 1.97 bits per heavy atom. The Hall–Kier alpha value is -3.03. The minimum Gasteiger partial charge on any atom is -0.477 e. The molecule has 0 radical (unpaired) electrons. The molecule has 0 aliphatic rings. The Bertz CT molecular complexity index is 1310. The largest absolute Gasteiger partial charge is 0.477 e. The van der Waals surface area contributed by atoms with Gasteiger partial charge in [0.1, 0.15) is 10.7 Å². The average molecular weight is 467 g/mol. The van der Waals surface area contributed by atoms with E-state index in [9.17, 15) is 9.90 Å². The van der Waals surface area contributed by atoms with Crippen LogP contribution in [0.4, 0.5) is 0 Å². The molecule has 4 rings (SSSR count). The Labute approximate surface area is 195 Å². The van der Waals surface area contributed by atoms with Crippen LogP contribution in [-0.2, 0) is 17.8 Å². The third-order valence-corrected chi connectivity index (χ3v) is 6.50. The van der Waals surface area contributed by atoms with Gasteiger partial charge in [0.15, 0.2) is 0 Å². The van der Waals surface area contributed by atoms with E-state index < -0.39 is 5.97 Å². The van der Waals surface area contributed by atoms with Crippen LogP contribution < -0.4 is 0 Å². The normalized spacial score (nSPS) is 11.9. The zero-order chi connectivity index (χ0) is 22.7. The first-order valence-corrected chi connectivity index (χ1v) is 11.5. The maximum atomic E-state index is 12.1. The molecule has 0 atom stereocenters. The van der Waals surface area contributed by atoms with Crippen molar-refractivity contribution in [1.82, 2.24) is 19.7 Å². The Morgan fingerprint density at radius 3 is 2.72 bits per heavy atom. The molecule has 164 valence electrons. The number of carboxylic acid groups (broad SMARTS) is 1. The number of halogens is 1. The van der Waals surface area contributed by atoms with Crippen molar-refractivity contribution in [1.29, 1.82) is 0 Å². The first-order valence-electron chi connectivity index (χ1n) is 10.3. The van der Waals surface area contributed by atoms with Gasteiger partial charge in [-0.15, -0.1) is 5.10 Å². The Balaban J connectivity index is 1.76. The van der Waals surface area contributed by atoms with E-state index in [0.717, 1.165) is 58.2 Å². The topological polar surface area (TPSA) is 83.8 Å². The van der Waals surface area contributed by atoms with Crippen LogP contribution in [0.1, 0.15) is 36.0 Å². The predicted molar refractivity (Wildman–Crippen MR) is 129 cm³/mol. The summed E-state index contributed by atoms with van der Waals surface area (Å²) in [7, 11) is 0. The van der Waals surface area contributed by atoms with Gasteiger partial charge in [-0.1, -0.05) is 54.9 Å². The van der Waals surface area contributed by atoms with Gasteiger partial charge in [0.2, 0.25) is 5.16 Å². The molecule has 2 N–H and O–H groups in total. The number of para-hydroxylation sites is 1. The molecule has 0 saturated heterocycles. The highest BCUT2D eigenvalue weighted by molar-refractivity contribution is 8.04. The van der Waals surface area contributed by atoms with Crippen molar-refractivity contribution in [2.24, 2.45) is 0 Å². The second kappa shape index (κ2) is 9.63. The third-order valence-electron chi connectivity index (χ3n) is 5.25. The van der Waals surface area contributed by atoms with Crippen LogP contribution in [-0.4, -0.2) is 30.8 Å². The van der Waals surface area contributed by atoms with E-state index in [0.29, 0.717) is 16.7 Å². The van der Waals surface area contributed by atoms with Crippen molar-refractivity contribution < 1.29 is 9.90 Å². The quantitative estimate of drug-likeness (QED) is 0.248. The number of thioether (sulfide) groups is 1. The third kappa shape index (κ3) is 4.59. The van der Waals surface area contributed by atoms with Crippen LogP contribution in [0.2, 0.25) is 5.02 Å². The second-order valence-corrected chi connectivity index (χ2v) is 8.84. The number of fused-ring (bicyclic) bond motifs is 1. The van der Waals surface area contributed by atoms with Crippen molar-refractivity contribution in [3.63, 3.8) is 0 Å². The summed E-state index contributed by atoms with van der Waals surface area (Å²) in [6.45, 7) is 4.65. The van der Waals surface area contributed by atoms with Crippen LogP contribution in [0.5, 0.6) is 0 Å². The van der Waals surface area contributed by atoms with Gasteiger partial charge in [-0.05, 0) is 48.9 Å². The minimum absolute atomic E-state index is 0.163. The summed E-state index contributed by atoms with van der Waals surface area (Å²) >= 11 is 7.45. The van der Waals surface area contributed by atoms with Crippen LogP contribution in [0.25, 0.3) is 17.0 Å². The molecule has 0 saturated carbocycles. The first kappa shape index (κ1) is 22.2. The number of benzene rings is 2. The summed E-state index contributed by atoms with van der Waals surface area (Å²) < 4.78 is 2.17. The number of aromatic amines is 1. The van der Waals surface area contributed by atoms with Crippen molar-refractivity contribution in [3.8, 4) is 0 Å². The van der Waals surface area contributed by atoms with E-state index in [2.05, 4.69) is 26.7 Å². The van der Waals surface area contributed by atoms with Gasteiger partial charge in [0.05, 0.1) is 0 Å². The summed E-state index contributed by atoms with van der Waals surface area (Å²) in [5.41, 5.74) is 3.86. The van der Waals surface area contributed by atoms with Gasteiger partial charge < -0.3 is 9.67 Å². The van der Waals surface area contributed by atoms with Crippen molar-refractivity contribution >= 4 is 46.3 Å². The van der Waals surface area contributed by atoms with Gasteiger partial charge in [0.25, 0.3) is 0 Å². The molecule has 0 bridgehead atoms. The van der Waals surface area contributed by atoms with Crippen LogP contribution in [0.3, 0.4) is 0 Å². The fraction of sp³-hybridized carbons (Fsp3) is 0.208. The predicted octanol–water partition coefficient (Wildman–Crippen LogP) is 5.94. The van der Waals surface area contributed by atoms with Crippen molar-refractivity contribution in [2.75, 3.05) is 0 Å². The molecule has 2 aromatic heterocycles. The van der Waals surface area contributed by atoms with Gasteiger partial charge in [-0.2, -0.15) is 0 Å². The summed E-state index contributed by atoms with van der Waals surface area (Å²) in [4.78, 5) is 16.6. The SMILES string of the molecule is CCCc1nc(S/C(=C\c2c(C)n(Cc3ccccc3Cl)c3ccccc23)C(=O)O)n[nH]1. The standard InChI is InChI=1S/C24H23ClN4O2S/c1-3-8-22-26-24(28-27-22)32-21(23(30)31)13-18-15(2)29(20-12-7-5-10-17(18)20)14-16-9-4-6-11-19(16)25/h4-7,9-13H,3,8,14H2,1-2H3,(H,30,31)(H,26,27,28)/b21-13-. The monoisotopic (exact) mass is 466 g/mol. The Morgan fingerprint density at radius 1 is 1.22 bits per heavy atom. The van der Waals surface area contributed by atoms with Crippen LogP contribution >= 0.6 is 23.4 Å². The number of aliphatic carboxylic acids is 1. The van der Waals surface area contributed by atoms with E-state index >= 15 is 0 Å². The minimum atomic E-state index is -1.01. The molecular weight excluding hydrogens is 444 g/mol. The molecule has 0 amide bonds. The number of aromatic nitrogens is 4. The summed E-state index contributed by atoms with van der Waals surface area (Å²) in [6.07, 6.45) is 3.42. The van der Waals surface area contributed by atoms with E-state index in [-0.39, 0.29) is 4.91 Å². The number of carbonyl (C=O) groups is 1. The van der Waals surface area contributed by atoms with Gasteiger partial charge >= 0.3 is 5.97 Å². The summed E-state index contributed by atoms with van der Waals surface area (Å²) in [6, 6.07) is 15.7. The second-order valence-electron chi connectivity index (χ2n) is 7.42. The van der Waals surface area contributed by atoms with E-state index in [1.165, 1.54) is 0 Å². The Kier molecular flexibility index (Phi) is 6.67. The molecule has 0 unspecified atom stereocenters. The average Bonchev–Trinajstić information content (AvgIpc) is 3.32. The fourth-order valence-electron chi connectivity index (χ4n) is 3.68. The summed E-state index contributed by atoms with van der Waals surface area (Å²) in [5.74, 6) is -0.258. The van der Waals surface area contributed by atoms with Crippen molar-refractivity contribution in [2.45, 2.75) is 38.4 Å². The molecule has 4 aromatic rings. The lowest BCUT2D eigenvalue weighted by atomic mass is 10.1. The number of aryl methyl sites for hydroxylation is 1. The number of carboxylic acids is 1. The fourth-order valence-corrected chi connectivity index (χ4v) is 4.58. The number of hydrogen-bond acceptors (Lipinski definition) is 4. The summed E-state index contributed by atoms with van der Waals surface area (Å²) in [5, 5.41) is 19.0. The number of hydrogen-bond donors (Lipinski definition) is 2. The lowest BCUT2D eigenvalue weighted by molar-refractivity contribution is -0.131. The van der Waals surface area contributed by atoms with Crippen LogP contribution in [0, 0.1) is 6.92 Å². The smallest absolute Gasteiger partial charge is 0.342 e. The van der Waals surface area contributed by atoms with Gasteiger partial charge in [-0.3, -0.25) is 5.10 Å². The molecule has 0 aliphatic heterocycles. The van der Waals surface area contributed by atoms with E-state index in [1.54, 1.807) is 6.08 Å². The maximum absolute atomic E-state index is 12.1. The molecule has 32 heavy (non-hydrogen) atoms. The lowest BCUT2D eigenvalue weighted by Gasteiger charge is -2.10. The molecule has 2 heterocycles. The molecule has 0 spiro atoms. The zero-order valence-corrected chi connectivity index (χ0v) is 19.4. The number of nitrogens with zero attached hydrogens (tertiary/aromatic N) is 3. The number of rotatable bonds is 8. The molecule has 2 aromatic carbocycles. The van der Waals surface area contributed by atoms with Gasteiger partial charge in [-0.25, -0.2) is 9.78 Å². The van der Waals surface area contributed by atoms with Gasteiger partial charge in [0, 0.05) is 40.1 Å². The van der Waals surface area contributed by atoms with E-state index in [1.807, 2.05) is 55.5 Å². The molecule has 8 heteroatoms.